The van der Waals surface area contributed by atoms with E-state index in [1.54, 1.807) is 18.4 Å². The summed E-state index contributed by atoms with van der Waals surface area (Å²) in [5.74, 6) is 1.03. The minimum atomic E-state index is -0.227. The Morgan fingerprint density at radius 3 is 2.52 bits per heavy atom. The Morgan fingerprint density at radius 1 is 1.04 bits per heavy atom. The monoisotopic (exact) mass is 333 g/mol. The number of anilines is 1. The van der Waals surface area contributed by atoms with E-state index in [1.807, 2.05) is 67.6 Å². The van der Waals surface area contributed by atoms with Crippen LogP contribution in [0.4, 0.5) is 5.69 Å². The van der Waals surface area contributed by atoms with Crippen LogP contribution >= 0.6 is 0 Å². The van der Waals surface area contributed by atoms with E-state index in [2.05, 4.69) is 5.32 Å². The van der Waals surface area contributed by atoms with Crippen molar-refractivity contribution >= 4 is 23.2 Å². The van der Waals surface area contributed by atoms with Crippen LogP contribution in [-0.2, 0) is 4.79 Å². The topological polar surface area (TPSA) is 51.5 Å². The first-order valence-electron chi connectivity index (χ1n) is 8.11. The number of hydrogen-bond donors (Lipinski definition) is 1. The Hall–Kier alpha value is -3.27. The van der Waals surface area contributed by atoms with E-state index in [0.29, 0.717) is 29.4 Å². The summed E-state index contributed by atoms with van der Waals surface area (Å²) < 4.78 is 10.9. The van der Waals surface area contributed by atoms with E-state index in [9.17, 15) is 4.79 Å². The molecule has 2 aromatic carbocycles. The van der Waals surface area contributed by atoms with Crippen LogP contribution in [0.5, 0.6) is 5.75 Å². The van der Waals surface area contributed by atoms with Crippen LogP contribution in [0.3, 0.4) is 0 Å². The van der Waals surface area contributed by atoms with E-state index < -0.39 is 0 Å². The second-order valence-electron chi connectivity index (χ2n) is 5.32. The lowest BCUT2D eigenvalue weighted by molar-refractivity contribution is -0.111. The van der Waals surface area contributed by atoms with Gasteiger partial charge < -0.3 is 14.5 Å². The number of rotatable bonds is 6. The van der Waals surface area contributed by atoms with Crippen molar-refractivity contribution in [3.05, 3.63) is 84.3 Å². The Balaban J connectivity index is 1.93. The molecule has 0 saturated carbocycles. The lowest BCUT2D eigenvalue weighted by Gasteiger charge is -2.13. The zero-order valence-electron chi connectivity index (χ0n) is 13.9. The summed E-state index contributed by atoms with van der Waals surface area (Å²) in [7, 11) is 0. The van der Waals surface area contributed by atoms with Gasteiger partial charge in [0.25, 0.3) is 5.91 Å². The van der Waals surface area contributed by atoms with E-state index in [4.69, 9.17) is 9.15 Å². The van der Waals surface area contributed by atoms with Gasteiger partial charge in [0, 0.05) is 0 Å². The fourth-order valence-corrected chi connectivity index (χ4v) is 2.45. The number of carbonyl (C=O) groups excluding carboxylic acids is 1. The summed E-state index contributed by atoms with van der Waals surface area (Å²) in [6.45, 7) is 2.44. The van der Waals surface area contributed by atoms with Crippen molar-refractivity contribution in [2.45, 2.75) is 6.92 Å². The normalized spacial score (nSPS) is 11.2. The van der Waals surface area contributed by atoms with Crippen LogP contribution in [0.1, 0.15) is 18.2 Å². The van der Waals surface area contributed by atoms with E-state index in [1.165, 1.54) is 0 Å². The van der Waals surface area contributed by atoms with Gasteiger partial charge in [-0.15, -0.1) is 0 Å². The van der Waals surface area contributed by atoms with Gasteiger partial charge in [0.05, 0.1) is 24.1 Å². The lowest BCUT2D eigenvalue weighted by Crippen LogP contribution is -2.14. The molecule has 0 unspecified atom stereocenters. The number of benzene rings is 2. The quantitative estimate of drug-likeness (QED) is 0.656. The maximum atomic E-state index is 12.9. The maximum Gasteiger partial charge on any atom is 0.256 e. The van der Waals surface area contributed by atoms with Crippen LogP contribution in [0.2, 0.25) is 0 Å². The highest BCUT2D eigenvalue weighted by Crippen LogP contribution is 2.26. The van der Waals surface area contributed by atoms with E-state index in [-0.39, 0.29) is 5.91 Å². The second-order valence-corrected chi connectivity index (χ2v) is 5.32. The number of carbonyl (C=O) groups is 1. The van der Waals surface area contributed by atoms with Crippen molar-refractivity contribution < 1.29 is 13.9 Å². The first-order valence-corrected chi connectivity index (χ1v) is 8.11. The molecule has 0 atom stereocenters. The largest absolute Gasteiger partial charge is 0.492 e. The molecule has 3 aromatic rings. The highest BCUT2D eigenvalue weighted by atomic mass is 16.5. The minimum Gasteiger partial charge on any atom is -0.492 e. The fraction of sp³-hybridized carbons (Fsp3) is 0.0952. The Morgan fingerprint density at radius 2 is 1.80 bits per heavy atom. The summed E-state index contributed by atoms with van der Waals surface area (Å²) in [5.41, 5.74) is 1.96. The molecular formula is C21H19NO3. The number of hydrogen-bond acceptors (Lipinski definition) is 3. The summed E-state index contributed by atoms with van der Waals surface area (Å²) >= 11 is 0. The Bertz CT molecular complexity index is 852. The van der Waals surface area contributed by atoms with Gasteiger partial charge >= 0.3 is 0 Å². The molecule has 0 fully saturated rings. The van der Waals surface area contributed by atoms with Gasteiger partial charge in [-0.25, -0.2) is 0 Å². The van der Waals surface area contributed by atoms with Gasteiger partial charge in [-0.2, -0.15) is 0 Å². The molecule has 0 saturated heterocycles. The van der Waals surface area contributed by atoms with Crippen LogP contribution in [0.15, 0.2) is 77.4 Å². The van der Waals surface area contributed by atoms with Crippen LogP contribution in [0, 0.1) is 0 Å². The van der Waals surface area contributed by atoms with Gasteiger partial charge in [-0.05, 0) is 42.8 Å². The van der Waals surface area contributed by atoms with Gasteiger partial charge in [0.15, 0.2) is 0 Å². The summed E-state index contributed by atoms with van der Waals surface area (Å²) in [4.78, 5) is 12.9. The second kappa shape index (κ2) is 8.02. The van der Waals surface area contributed by atoms with Crippen molar-refractivity contribution in [3.63, 3.8) is 0 Å². The highest BCUT2D eigenvalue weighted by Gasteiger charge is 2.15. The van der Waals surface area contributed by atoms with Crippen molar-refractivity contribution in [2.75, 3.05) is 11.9 Å². The number of nitrogens with one attached hydrogen (secondary N) is 1. The predicted octanol–water partition coefficient (Wildman–Crippen LogP) is 4.86. The summed E-state index contributed by atoms with van der Waals surface area (Å²) in [6.07, 6.45) is 3.31. The van der Waals surface area contributed by atoms with Crippen molar-refractivity contribution in [2.24, 2.45) is 0 Å². The molecule has 25 heavy (non-hydrogen) atoms. The van der Waals surface area contributed by atoms with Crippen LogP contribution < -0.4 is 10.1 Å². The fourth-order valence-electron chi connectivity index (χ4n) is 2.45. The van der Waals surface area contributed by atoms with Crippen molar-refractivity contribution in [1.82, 2.24) is 0 Å². The molecule has 4 nitrogen and oxygen atoms in total. The van der Waals surface area contributed by atoms with Gasteiger partial charge in [-0.1, -0.05) is 42.5 Å². The molecule has 1 heterocycles. The number of amides is 1. The minimum absolute atomic E-state index is 0.227. The molecule has 1 amide bonds. The molecule has 0 radical (unpaired) electrons. The summed E-state index contributed by atoms with van der Waals surface area (Å²) in [6, 6.07) is 20.5. The lowest BCUT2D eigenvalue weighted by atomic mass is 10.0. The first kappa shape index (κ1) is 16.6. The summed E-state index contributed by atoms with van der Waals surface area (Å²) in [5, 5.41) is 2.93. The third-order valence-electron chi connectivity index (χ3n) is 3.59. The average molecular weight is 333 g/mol. The molecule has 0 aliphatic carbocycles. The van der Waals surface area contributed by atoms with Gasteiger partial charge in [0.2, 0.25) is 0 Å². The zero-order valence-corrected chi connectivity index (χ0v) is 13.9. The molecule has 0 spiro atoms. The molecule has 4 heteroatoms. The third kappa shape index (κ3) is 4.18. The molecule has 1 aromatic heterocycles. The van der Waals surface area contributed by atoms with Crippen LogP contribution in [0.25, 0.3) is 11.6 Å². The van der Waals surface area contributed by atoms with Crippen molar-refractivity contribution in [1.29, 1.82) is 0 Å². The molecule has 1 N–H and O–H groups in total. The maximum absolute atomic E-state index is 12.9. The van der Waals surface area contributed by atoms with E-state index in [0.717, 1.165) is 5.56 Å². The predicted molar refractivity (Wildman–Crippen MR) is 99.3 cm³/mol. The van der Waals surface area contributed by atoms with E-state index >= 15 is 0 Å². The molecule has 0 aliphatic heterocycles. The number of furan rings is 1. The molecular weight excluding hydrogens is 314 g/mol. The molecule has 3 rings (SSSR count). The Labute approximate surface area is 146 Å². The first-order chi connectivity index (χ1) is 12.3. The van der Waals surface area contributed by atoms with Crippen molar-refractivity contribution in [3.8, 4) is 5.75 Å². The molecule has 0 bridgehead atoms. The SMILES string of the molecule is CCOc1ccccc1NC(=O)/C(=C/c1ccco1)c1ccccc1. The standard InChI is InChI=1S/C21H19NO3/c1-2-24-20-13-7-6-12-19(20)22-21(23)18(15-17-11-8-14-25-17)16-9-4-3-5-10-16/h3-15H,2H2,1H3,(H,22,23)/b18-15+. The average Bonchev–Trinajstić information content (AvgIpc) is 3.15. The van der Waals surface area contributed by atoms with Gasteiger partial charge in [0.1, 0.15) is 11.5 Å². The smallest absolute Gasteiger partial charge is 0.256 e. The number of para-hydroxylation sites is 2. The third-order valence-corrected chi connectivity index (χ3v) is 3.59. The van der Waals surface area contributed by atoms with Gasteiger partial charge in [-0.3, -0.25) is 4.79 Å². The number of ether oxygens (including phenoxy) is 1. The van der Waals surface area contributed by atoms with Crippen LogP contribution in [-0.4, -0.2) is 12.5 Å². The Kier molecular flexibility index (Phi) is 5.32. The molecule has 126 valence electrons. The molecule has 0 aliphatic rings. The highest BCUT2D eigenvalue weighted by molar-refractivity contribution is 6.29. The zero-order chi connectivity index (χ0) is 17.5.